The van der Waals surface area contributed by atoms with Gasteiger partial charge in [-0.15, -0.1) is 0 Å². The van der Waals surface area contributed by atoms with Crippen molar-refractivity contribution in [1.29, 1.82) is 0 Å². The van der Waals surface area contributed by atoms with Crippen molar-refractivity contribution in [2.24, 2.45) is 0 Å². The molecule has 15 heavy (non-hydrogen) atoms. The molecule has 0 aliphatic heterocycles. The summed E-state index contributed by atoms with van der Waals surface area (Å²) in [6, 6.07) is 0. The second-order valence-electron chi connectivity index (χ2n) is 2.40. The van der Waals surface area contributed by atoms with Gasteiger partial charge in [-0.2, -0.15) is 0 Å². The second kappa shape index (κ2) is 4.37. The molecule has 0 fully saturated rings. The van der Waals surface area contributed by atoms with Crippen molar-refractivity contribution in [1.82, 2.24) is 0 Å². The zero-order valence-corrected chi connectivity index (χ0v) is 8.23. The Morgan fingerprint density at radius 2 is 1.13 bits per heavy atom. The van der Waals surface area contributed by atoms with Crippen molar-refractivity contribution in [3.05, 3.63) is 40.2 Å². The Labute approximate surface area is 90.9 Å². The summed E-state index contributed by atoms with van der Waals surface area (Å²) >= 11 is 10.2. The van der Waals surface area contributed by atoms with Crippen LogP contribution in [-0.4, -0.2) is 0 Å². The third-order valence-electron chi connectivity index (χ3n) is 1.54. The molecular weight excluding hydrogens is 262 g/mol. The third kappa shape index (κ3) is 1.94. The van der Waals surface area contributed by atoms with E-state index in [2.05, 4.69) is 0 Å². The molecule has 0 radical (unpaired) electrons. The topological polar surface area (TPSA) is 0 Å². The lowest BCUT2D eigenvalue weighted by molar-refractivity contribution is 0.376. The minimum absolute atomic E-state index is 0.500. The van der Waals surface area contributed by atoms with Gasteiger partial charge in [-0.3, -0.25) is 0 Å². The molecule has 0 saturated heterocycles. The highest BCUT2D eigenvalue weighted by Crippen LogP contribution is 2.30. The van der Waals surface area contributed by atoms with E-state index in [0.717, 1.165) is 0 Å². The Hall–Kier alpha value is -0.810. The fraction of sp³-hybridized carbons (Fsp3) is 0. The largest absolute Gasteiger partial charge is 0.203 e. The van der Waals surface area contributed by atoms with E-state index >= 15 is 0 Å². The van der Waals surface area contributed by atoms with Crippen LogP contribution in [0.1, 0.15) is 5.56 Å². The summed E-state index contributed by atoms with van der Waals surface area (Å²) in [6.07, 6.45) is 0. The zero-order chi connectivity index (χ0) is 11.7. The predicted octanol–water partition coefficient (Wildman–Crippen LogP) is 4.16. The molecule has 0 amide bonds. The predicted molar refractivity (Wildman–Crippen MR) is 45.9 cm³/mol. The molecule has 0 saturated carbocycles. The molecule has 0 bridgehead atoms. The molecule has 0 atom stereocenters. The lowest BCUT2D eigenvalue weighted by Crippen LogP contribution is -2.05. The van der Waals surface area contributed by atoms with Gasteiger partial charge in [0, 0.05) is 5.54 Å². The highest BCUT2D eigenvalue weighted by Gasteiger charge is 2.26. The highest BCUT2D eigenvalue weighted by atomic mass is 35.5. The molecular formula is C8HCl2F5. The van der Waals surface area contributed by atoms with E-state index in [9.17, 15) is 22.0 Å². The molecule has 1 aromatic carbocycles. The van der Waals surface area contributed by atoms with Crippen molar-refractivity contribution < 1.29 is 22.0 Å². The number of hydrogen-bond donors (Lipinski definition) is 0. The third-order valence-corrected chi connectivity index (χ3v) is 2.17. The van der Waals surface area contributed by atoms with Crippen LogP contribution < -0.4 is 0 Å². The van der Waals surface area contributed by atoms with Crippen LogP contribution in [0.4, 0.5) is 22.0 Å². The Morgan fingerprint density at radius 1 is 0.800 bits per heavy atom. The number of benzene rings is 1. The van der Waals surface area contributed by atoms with Crippen LogP contribution in [0.15, 0.2) is 5.54 Å². The summed E-state index contributed by atoms with van der Waals surface area (Å²) < 4.78 is 63.6. The van der Waals surface area contributed by atoms with Gasteiger partial charge in [-0.25, -0.2) is 22.0 Å². The van der Waals surface area contributed by atoms with Crippen LogP contribution in [0.25, 0.3) is 5.03 Å². The molecule has 0 spiro atoms. The normalized spacial score (nSPS) is 12.1. The zero-order valence-electron chi connectivity index (χ0n) is 6.72. The molecule has 1 rings (SSSR count). The van der Waals surface area contributed by atoms with E-state index < -0.39 is 39.7 Å². The fourth-order valence-electron chi connectivity index (χ4n) is 0.869. The van der Waals surface area contributed by atoms with Crippen LogP contribution in [0.2, 0.25) is 0 Å². The molecule has 0 aromatic heterocycles. The van der Waals surface area contributed by atoms with Crippen LogP contribution in [0, 0.1) is 29.1 Å². The fourth-order valence-corrected chi connectivity index (χ4v) is 1.14. The SMILES string of the molecule is Fc1c(F)c(F)c(/C(Cl)=C/Cl)c(F)c1F. The number of rotatable bonds is 1. The summed E-state index contributed by atoms with van der Waals surface area (Å²) in [5, 5.41) is -0.774. The highest BCUT2D eigenvalue weighted by molar-refractivity contribution is 6.52. The first-order valence-electron chi connectivity index (χ1n) is 3.39. The van der Waals surface area contributed by atoms with Gasteiger partial charge in [0.15, 0.2) is 23.3 Å². The van der Waals surface area contributed by atoms with E-state index in [1.807, 2.05) is 0 Å². The average Bonchev–Trinajstić information content (AvgIpc) is 2.23. The van der Waals surface area contributed by atoms with Gasteiger partial charge in [0.25, 0.3) is 0 Å². The van der Waals surface area contributed by atoms with Gasteiger partial charge < -0.3 is 0 Å². The first-order chi connectivity index (χ1) is 6.91. The molecule has 1 aromatic rings. The van der Waals surface area contributed by atoms with Crippen molar-refractivity contribution in [2.45, 2.75) is 0 Å². The smallest absolute Gasteiger partial charge is 0.200 e. The summed E-state index contributed by atoms with van der Waals surface area (Å²) in [4.78, 5) is 0. The maximum absolute atomic E-state index is 12.9. The van der Waals surface area contributed by atoms with Gasteiger partial charge in [0.1, 0.15) is 0 Å². The van der Waals surface area contributed by atoms with Crippen LogP contribution in [0.3, 0.4) is 0 Å². The summed E-state index contributed by atoms with van der Waals surface area (Å²) in [5.74, 6) is -10.4. The van der Waals surface area contributed by atoms with E-state index in [0.29, 0.717) is 5.54 Å². The summed E-state index contributed by atoms with van der Waals surface area (Å²) in [6.45, 7) is 0. The van der Waals surface area contributed by atoms with Gasteiger partial charge in [0.2, 0.25) is 5.82 Å². The Morgan fingerprint density at radius 3 is 1.47 bits per heavy atom. The Bertz CT molecular complexity index is 412. The van der Waals surface area contributed by atoms with Gasteiger partial charge in [-0.1, -0.05) is 23.2 Å². The van der Waals surface area contributed by atoms with E-state index in [1.54, 1.807) is 0 Å². The second-order valence-corrected chi connectivity index (χ2v) is 3.03. The first kappa shape index (κ1) is 12.3. The Balaban J connectivity index is 3.67. The number of hydrogen-bond acceptors (Lipinski definition) is 0. The van der Waals surface area contributed by atoms with Gasteiger partial charge in [-0.05, 0) is 0 Å². The molecule has 82 valence electrons. The van der Waals surface area contributed by atoms with Crippen LogP contribution in [0.5, 0.6) is 0 Å². The molecule has 0 N–H and O–H groups in total. The summed E-state index contributed by atoms with van der Waals surface area (Å²) in [5.41, 5.74) is -0.747. The van der Waals surface area contributed by atoms with Gasteiger partial charge >= 0.3 is 0 Å². The molecule has 0 aliphatic carbocycles. The van der Waals surface area contributed by atoms with Crippen molar-refractivity contribution >= 4 is 28.2 Å². The van der Waals surface area contributed by atoms with E-state index in [-0.39, 0.29) is 0 Å². The molecule has 0 aliphatic rings. The maximum atomic E-state index is 12.9. The Kier molecular flexibility index (Phi) is 3.57. The molecule has 7 heteroatoms. The van der Waals surface area contributed by atoms with E-state index in [4.69, 9.17) is 23.2 Å². The van der Waals surface area contributed by atoms with Crippen molar-refractivity contribution in [3.63, 3.8) is 0 Å². The molecule has 0 heterocycles. The molecule has 0 unspecified atom stereocenters. The monoisotopic (exact) mass is 262 g/mol. The van der Waals surface area contributed by atoms with Gasteiger partial charge in [0.05, 0.1) is 10.6 Å². The van der Waals surface area contributed by atoms with E-state index in [1.165, 1.54) is 0 Å². The first-order valence-corrected chi connectivity index (χ1v) is 4.21. The van der Waals surface area contributed by atoms with Crippen LogP contribution in [-0.2, 0) is 0 Å². The van der Waals surface area contributed by atoms with Crippen molar-refractivity contribution in [2.75, 3.05) is 0 Å². The standard InChI is InChI=1S/C8HCl2F5/c9-1-2(10)3-4(11)6(13)8(15)7(14)5(3)12/h1H/b2-1-. The lowest BCUT2D eigenvalue weighted by atomic mass is 10.1. The molecule has 0 nitrogen and oxygen atoms in total. The summed E-state index contributed by atoms with van der Waals surface area (Å²) in [7, 11) is 0. The quantitative estimate of drug-likeness (QED) is 0.405. The number of halogens is 7. The minimum Gasteiger partial charge on any atom is -0.203 e. The maximum Gasteiger partial charge on any atom is 0.200 e. The van der Waals surface area contributed by atoms with Crippen molar-refractivity contribution in [3.8, 4) is 0 Å². The average molecular weight is 263 g/mol. The lowest BCUT2D eigenvalue weighted by Gasteiger charge is -2.06. The van der Waals surface area contributed by atoms with Crippen LogP contribution >= 0.6 is 23.2 Å². The minimum atomic E-state index is -2.24.